The van der Waals surface area contributed by atoms with Gasteiger partial charge in [0, 0.05) is 10.5 Å². The van der Waals surface area contributed by atoms with Gasteiger partial charge in [0.25, 0.3) is 0 Å². The van der Waals surface area contributed by atoms with Gasteiger partial charge in [0.15, 0.2) is 5.78 Å². The van der Waals surface area contributed by atoms with Crippen LogP contribution >= 0.6 is 0 Å². The van der Waals surface area contributed by atoms with Crippen LogP contribution in [0.3, 0.4) is 0 Å². The molecule has 0 spiro atoms. The fourth-order valence-corrected chi connectivity index (χ4v) is 2.70. The van der Waals surface area contributed by atoms with Crippen molar-refractivity contribution in [3.8, 4) is 5.75 Å². The minimum Gasteiger partial charge on any atom is -0.497 e. The molecule has 0 bridgehead atoms. The van der Waals surface area contributed by atoms with Gasteiger partial charge in [0.05, 0.1) is 23.7 Å². The number of ether oxygens (including phenoxy) is 1. The highest BCUT2D eigenvalue weighted by atomic mass is 32.2. The van der Waals surface area contributed by atoms with Crippen LogP contribution < -0.4 is 4.74 Å². The van der Waals surface area contributed by atoms with E-state index in [4.69, 9.17) is 4.74 Å². The molecule has 1 atom stereocenters. The average molecular weight is 274 g/mol. The maximum atomic E-state index is 12.1. The molecule has 2 aromatic rings. The molecule has 2 aromatic carbocycles. The Morgan fingerprint density at radius 3 is 2.53 bits per heavy atom. The lowest BCUT2D eigenvalue weighted by atomic mass is 10.2. The molecule has 0 N–H and O–H groups in total. The fourth-order valence-electron chi connectivity index (χ4n) is 1.65. The standard InChI is InChI=1S/C15H14O3S/c1-18-13-8-5-9-14(10-13)19(17)11-15(16)12-6-3-2-4-7-12/h2-10H,11H2,1H3. The van der Waals surface area contributed by atoms with Gasteiger partial charge in [-0.1, -0.05) is 36.4 Å². The van der Waals surface area contributed by atoms with Crippen molar-refractivity contribution in [3.05, 3.63) is 60.2 Å². The first kappa shape index (κ1) is 13.5. The van der Waals surface area contributed by atoms with Crippen LogP contribution in [0.2, 0.25) is 0 Å². The van der Waals surface area contributed by atoms with Gasteiger partial charge in [-0.25, -0.2) is 0 Å². The van der Waals surface area contributed by atoms with Crippen LogP contribution in [0.15, 0.2) is 59.5 Å². The summed E-state index contributed by atoms with van der Waals surface area (Å²) >= 11 is 0. The van der Waals surface area contributed by atoms with E-state index in [2.05, 4.69) is 0 Å². The Bertz CT molecular complexity index is 593. The number of benzene rings is 2. The largest absolute Gasteiger partial charge is 0.497 e. The van der Waals surface area contributed by atoms with Crippen molar-refractivity contribution in [1.82, 2.24) is 0 Å². The molecule has 0 amide bonds. The van der Waals surface area contributed by atoms with Crippen LogP contribution in [0.4, 0.5) is 0 Å². The Balaban J connectivity index is 2.11. The van der Waals surface area contributed by atoms with Crippen molar-refractivity contribution in [2.45, 2.75) is 4.90 Å². The number of hydrogen-bond acceptors (Lipinski definition) is 3. The average Bonchev–Trinajstić information content (AvgIpc) is 2.48. The van der Waals surface area contributed by atoms with Gasteiger partial charge >= 0.3 is 0 Å². The summed E-state index contributed by atoms with van der Waals surface area (Å²) in [6, 6.07) is 15.8. The summed E-state index contributed by atoms with van der Waals surface area (Å²) in [6.07, 6.45) is 0. The number of methoxy groups -OCH3 is 1. The zero-order valence-electron chi connectivity index (χ0n) is 10.5. The quantitative estimate of drug-likeness (QED) is 0.787. The van der Waals surface area contributed by atoms with E-state index < -0.39 is 10.8 Å². The predicted octanol–water partition coefficient (Wildman–Crippen LogP) is 2.69. The lowest BCUT2D eigenvalue weighted by molar-refractivity contribution is 0.102. The maximum Gasteiger partial charge on any atom is 0.175 e. The van der Waals surface area contributed by atoms with Gasteiger partial charge in [-0.15, -0.1) is 0 Å². The molecule has 0 saturated carbocycles. The van der Waals surface area contributed by atoms with Crippen LogP contribution in [-0.2, 0) is 10.8 Å². The number of ketones is 1. The highest BCUT2D eigenvalue weighted by molar-refractivity contribution is 7.85. The summed E-state index contributed by atoms with van der Waals surface area (Å²) in [7, 11) is 0.197. The highest BCUT2D eigenvalue weighted by Gasteiger charge is 2.12. The van der Waals surface area contributed by atoms with Crippen molar-refractivity contribution in [2.75, 3.05) is 12.9 Å². The van der Waals surface area contributed by atoms with E-state index >= 15 is 0 Å². The van der Waals surface area contributed by atoms with Gasteiger partial charge in [0.2, 0.25) is 0 Å². The molecule has 0 heterocycles. The summed E-state index contributed by atoms with van der Waals surface area (Å²) in [5, 5.41) is 0. The number of hydrogen-bond donors (Lipinski definition) is 0. The van der Waals surface area contributed by atoms with Gasteiger partial charge in [-0.2, -0.15) is 0 Å². The lowest BCUT2D eigenvalue weighted by Crippen LogP contribution is -2.11. The molecule has 0 aliphatic rings. The van der Waals surface area contributed by atoms with Crippen LogP contribution in [0, 0.1) is 0 Å². The highest BCUT2D eigenvalue weighted by Crippen LogP contribution is 2.16. The molecular formula is C15H14O3S. The normalized spacial score (nSPS) is 11.8. The van der Waals surface area contributed by atoms with Gasteiger partial charge in [0.1, 0.15) is 5.75 Å². The Hall–Kier alpha value is -1.94. The van der Waals surface area contributed by atoms with Crippen LogP contribution in [0.1, 0.15) is 10.4 Å². The summed E-state index contributed by atoms with van der Waals surface area (Å²) in [5.41, 5.74) is 0.582. The number of carbonyl (C=O) groups is 1. The predicted molar refractivity (Wildman–Crippen MR) is 75.0 cm³/mol. The van der Waals surface area contributed by atoms with Crippen molar-refractivity contribution >= 4 is 16.6 Å². The summed E-state index contributed by atoms with van der Waals surface area (Å²) in [6.45, 7) is 0. The van der Waals surface area contributed by atoms with Gasteiger partial charge < -0.3 is 4.74 Å². The first-order valence-corrected chi connectivity index (χ1v) is 7.13. The third-order valence-corrected chi connectivity index (χ3v) is 3.97. The molecule has 2 rings (SSSR count). The molecule has 0 aromatic heterocycles. The van der Waals surface area contributed by atoms with Crippen molar-refractivity contribution < 1.29 is 13.7 Å². The van der Waals surface area contributed by atoms with Gasteiger partial charge in [-0.05, 0) is 18.2 Å². The third kappa shape index (κ3) is 3.51. The Morgan fingerprint density at radius 1 is 1.11 bits per heavy atom. The molecule has 19 heavy (non-hydrogen) atoms. The molecule has 3 nitrogen and oxygen atoms in total. The van der Waals surface area contributed by atoms with Crippen LogP contribution in [0.25, 0.3) is 0 Å². The second kappa shape index (κ2) is 6.29. The minimum absolute atomic E-state index is 0.0167. The zero-order chi connectivity index (χ0) is 13.7. The van der Waals surface area contributed by atoms with E-state index in [-0.39, 0.29) is 11.5 Å². The first-order chi connectivity index (χ1) is 9.20. The van der Waals surface area contributed by atoms with Crippen molar-refractivity contribution in [2.24, 2.45) is 0 Å². The lowest BCUT2D eigenvalue weighted by Gasteiger charge is -2.04. The van der Waals surface area contributed by atoms with E-state index in [1.807, 2.05) is 6.07 Å². The molecule has 0 saturated heterocycles. The van der Waals surface area contributed by atoms with Gasteiger partial charge in [-0.3, -0.25) is 9.00 Å². The van der Waals surface area contributed by atoms with E-state index in [1.165, 1.54) is 0 Å². The monoisotopic (exact) mass is 274 g/mol. The summed E-state index contributed by atoms with van der Waals surface area (Å²) < 4.78 is 17.2. The summed E-state index contributed by atoms with van der Waals surface area (Å²) in [5.74, 6) is 0.497. The second-order valence-corrected chi connectivity index (χ2v) is 5.41. The Morgan fingerprint density at radius 2 is 1.84 bits per heavy atom. The maximum absolute atomic E-state index is 12.1. The molecule has 0 radical (unpaired) electrons. The third-order valence-electron chi connectivity index (χ3n) is 2.66. The van der Waals surface area contributed by atoms with E-state index in [0.29, 0.717) is 16.2 Å². The van der Waals surface area contributed by atoms with Crippen LogP contribution in [-0.4, -0.2) is 22.9 Å². The van der Waals surface area contributed by atoms with E-state index in [1.54, 1.807) is 55.6 Å². The number of Topliss-reactive ketones (excluding diaryl/α,β-unsaturated/α-hetero) is 1. The van der Waals surface area contributed by atoms with E-state index in [9.17, 15) is 9.00 Å². The van der Waals surface area contributed by atoms with E-state index in [0.717, 1.165) is 0 Å². The molecule has 98 valence electrons. The van der Waals surface area contributed by atoms with Crippen LogP contribution in [0.5, 0.6) is 5.75 Å². The molecule has 0 aliphatic carbocycles. The molecule has 4 heteroatoms. The smallest absolute Gasteiger partial charge is 0.175 e. The van der Waals surface area contributed by atoms with Crippen molar-refractivity contribution in [1.29, 1.82) is 0 Å². The first-order valence-electron chi connectivity index (χ1n) is 5.81. The topological polar surface area (TPSA) is 43.4 Å². The molecule has 1 unspecified atom stereocenters. The van der Waals surface area contributed by atoms with Crippen molar-refractivity contribution in [3.63, 3.8) is 0 Å². The Kier molecular flexibility index (Phi) is 4.47. The minimum atomic E-state index is -1.36. The fraction of sp³-hybridized carbons (Fsp3) is 0.133. The molecule has 0 aliphatic heterocycles. The Labute approximate surface area is 114 Å². The zero-order valence-corrected chi connectivity index (χ0v) is 11.4. The molecule has 0 fully saturated rings. The summed E-state index contributed by atoms with van der Waals surface area (Å²) in [4.78, 5) is 12.6. The number of rotatable bonds is 5. The second-order valence-electron chi connectivity index (χ2n) is 3.96. The molecular weight excluding hydrogens is 260 g/mol. The SMILES string of the molecule is COc1cccc(S(=O)CC(=O)c2ccccc2)c1. The number of carbonyl (C=O) groups excluding carboxylic acids is 1.